The molecule has 3 heterocycles. The van der Waals surface area contributed by atoms with Crippen LogP contribution in [0.25, 0.3) is 93.4 Å². The molecule has 1 aliphatic rings. The molecule has 0 radical (unpaired) electrons. The van der Waals surface area contributed by atoms with E-state index in [9.17, 15) is 5.26 Å². The van der Waals surface area contributed by atoms with Gasteiger partial charge >= 0.3 is 0 Å². The maximum atomic E-state index is 9.40. The van der Waals surface area contributed by atoms with Gasteiger partial charge in [-0.2, -0.15) is 5.26 Å². The standard InChI is InChI=1S/C49H31N3S/c50-30-31-17-22-36(23-18-31)52-44-15-6-4-11-38(44)41-27-32(19-24-45(41)52)33-20-25-46-42(28-33)43-29-34(21-26-47(43)51(46)35-9-2-1-3-10-35)37-13-8-14-40-39-12-5-7-16-48(39)53-49(37)40/h1-4,6-11,13-29H,5,12H2. The van der Waals surface area contributed by atoms with Gasteiger partial charge < -0.3 is 9.13 Å². The number of nitriles is 1. The molecule has 10 aromatic rings. The molecule has 0 saturated heterocycles. The van der Waals surface area contributed by atoms with Gasteiger partial charge in [-0.1, -0.05) is 78.9 Å². The number of aryl methyl sites for hydroxylation is 1. The maximum Gasteiger partial charge on any atom is 0.0991 e. The molecule has 0 bridgehead atoms. The molecule has 248 valence electrons. The number of thiophene rings is 1. The molecule has 0 unspecified atom stereocenters. The quantitative estimate of drug-likeness (QED) is 0.181. The van der Waals surface area contributed by atoms with E-state index >= 15 is 0 Å². The molecule has 4 heteroatoms. The summed E-state index contributed by atoms with van der Waals surface area (Å²) in [5.74, 6) is 0. The molecule has 0 spiro atoms. The van der Waals surface area contributed by atoms with Gasteiger partial charge in [0.25, 0.3) is 0 Å². The molecule has 3 aromatic heterocycles. The lowest BCUT2D eigenvalue weighted by molar-refractivity contribution is 1.01. The summed E-state index contributed by atoms with van der Waals surface area (Å²) in [6, 6.07) is 57.1. The lowest BCUT2D eigenvalue weighted by Gasteiger charge is -2.09. The second-order valence-electron chi connectivity index (χ2n) is 13.9. The predicted molar refractivity (Wildman–Crippen MR) is 223 cm³/mol. The molecular weight excluding hydrogens is 663 g/mol. The van der Waals surface area contributed by atoms with Crippen molar-refractivity contribution in [3.05, 3.63) is 174 Å². The van der Waals surface area contributed by atoms with Crippen molar-refractivity contribution < 1.29 is 0 Å². The van der Waals surface area contributed by atoms with Gasteiger partial charge in [0.2, 0.25) is 0 Å². The van der Waals surface area contributed by atoms with Gasteiger partial charge in [-0.05, 0) is 131 Å². The highest BCUT2D eigenvalue weighted by Crippen LogP contribution is 2.43. The Balaban J connectivity index is 1.12. The van der Waals surface area contributed by atoms with Crippen LogP contribution in [0.5, 0.6) is 0 Å². The van der Waals surface area contributed by atoms with E-state index in [0.29, 0.717) is 5.56 Å². The SMILES string of the molecule is N#Cc1ccc(-n2c3ccccc3c3cc(-c4ccc5c(c4)c4cc(-c6cccc7c8c(sc67)C=CCC8)ccc4n5-c4ccccc4)ccc32)cc1. The Morgan fingerprint density at radius 1 is 0.509 bits per heavy atom. The molecule has 0 N–H and O–H groups in total. The summed E-state index contributed by atoms with van der Waals surface area (Å²) in [4.78, 5) is 1.40. The highest BCUT2D eigenvalue weighted by atomic mass is 32.1. The summed E-state index contributed by atoms with van der Waals surface area (Å²) in [7, 11) is 0. The number of nitrogens with zero attached hydrogens (tertiary/aromatic N) is 3. The van der Waals surface area contributed by atoms with Crippen molar-refractivity contribution in [2.75, 3.05) is 0 Å². The lowest BCUT2D eigenvalue weighted by atomic mass is 9.96. The van der Waals surface area contributed by atoms with E-state index < -0.39 is 0 Å². The zero-order chi connectivity index (χ0) is 35.0. The molecule has 0 fully saturated rings. The normalized spacial score (nSPS) is 12.7. The van der Waals surface area contributed by atoms with Gasteiger partial charge in [0.05, 0.1) is 33.7 Å². The van der Waals surface area contributed by atoms with Crippen LogP contribution in [-0.4, -0.2) is 9.13 Å². The van der Waals surface area contributed by atoms with Gasteiger partial charge in [0.15, 0.2) is 0 Å². The van der Waals surface area contributed by atoms with Crippen LogP contribution in [0.4, 0.5) is 0 Å². The number of hydrogen-bond acceptors (Lipinski definition) is 2. The Bertz CT molecular complexity index is 3170. The average Bonchev–Trinajstić information content (AvgIpc) is 3.88. The average molecular weight is 694 g/mol. The van der Waals surface area contributed by atoms with Gasteiger partial charge in [0.1, 0.15) is 0 Å². The summed E-state index contributed by atoms with van der Waals surface area (Å²) >= 11 is 1.93. The maximum absolute atomic E-state index is 9.40. The fraction of sp³-hybridized carbons (Fsp3) is 0.0408. The highest BCUT2D eigenvalue weighted by Gasteiger charge is 2.19. The van der Waals surface area contributed by atoms with Crippen LogP contribution in [0.2, 0.25) is 0 Å². The van der Waals surface area contributed by atoms with Crippen LogP contribution in [0.1, 0.15) is 22.4 Å². The van der Waals surface area contributed by atoms with E-state index in [4.69, 9.17) is 0 Å². The molecule has 0 atom stereocenters. The number of hydrogen-bond donors (Lipinski definition) is 0. The number of aromatic nitrogens is 2. The zero-order valence-corrected chi connectivity index (χ0v) is 29.6. The molecular formula is C49H31N3S. The van der Waals surface area contributed by atoms with Crippen molar-refractivity contribution in [3.63, 3.8) is 0 Å². The highest BCUT2D eigenvalue weighted by molar-refractivity contribution is 7.20. The Kier molecular flexibility index (Phi) is 6.61. The van der Waals surface area contributed by atoms with Gasteiger partial charge in [-0.15, -0.1) is 11.3 Å². The van der Waals surface area contributed by atoms with E-state index in [0.717, 1.165) is 35.2 Å². The zero-order valence-electron chi connectivity index (χ0n) is 28.8. The molecule has 0 amide bonds. The molecule has 0 saturated carbocycles. The third kappa shape index (κ3) is 4.58. The number of rotatable bonds is 4. The van der Waals surface area contributed by atoms with Crippen molar-refractivity contribution in [2.45, 2.75) is 12.8 Å². The van der Waals surface area contributed by atoms with E-state index in [1.54, 1.807) is 0 Å². The molecule has 11 rings (SSSR count). The number of para-hydroxylation sites is 2. The smallest absolute Gasteiger partial charge is 0.0991 e. The Labute approximate surface area is 310 Å². The first kappa shape index (κ1) is 30.0. The first-order chi connectivity index (χ1) is 26.2. The van der Waals surface area contributed by atoms with E-state index in [1.165, 1.54) is 75.4 Å². The Morgan fingerprint density at radius 2 is 1.09 bits per heavy atom. The largest absolute Gasteiger partial charge is 0.309 e. The third-order valence-corrected chi connectivity index (χ3v) is 12.3. The number of benzene rings is 7. The summed E-state index contributed by atoms with van der Waals surface area (Å²) in [5, 5.41) is 15.7. The number of fused-ring (bicyclic) bond motifs is 9. The summed E-state index contributed by atoms with van der Waals surface area (Å²) in [6.07, 6.45) is 6.85. The lowest BCUT2D eigenvalue weighted by Crippen LogP contribution is -1.94. The minimum absolute atomic E-state index is 0.660. The molecule has 3 nitrogen and oxygen atoms in total. The van der Waals surface area contributed by atoms with Crippen LogP contribution in [0.15, 0.2) is 158 Å². The summed E-state index contributed by atoms with van der Waals surface area (Å²) in [6.45, 7) is 0. The second kappa shape index (κ2) is 11.7. The minimum atomic E-state index is 0.660. The van der Waals surface area contributed by atoms with Gasteiger partial charge in [-0.3, -0.25) is 0 Å². The first-order valence-corrected chi connectivity index (χ1v) is 18.9. The minimum Gasteiger partial charge on any atom is -0.309 e. The monoisotopic (exact) mass is 693 g/mol. The van der Waals surface area contributed by atoms with Crippen molar-refractivity contribution in [1.82, 2.24) is 9.13 Å². The molecule has 1 aliphatic carbocycles. The fourth-order valence-electron chi connectivity index (χ4n) is 8.57. The van der Waals surface area contributed by atoms with Crippen molar-refractivity contribution in [3.8, 4) is 39.7 Å². The summed E-state index contributed by atoms with van der Waals surface area (Å²) < 4.78 is 6.08. The number of allylic oxidation sites excluding steroid dienone is 1. The van der Waals surface area contributed by atoms with E-state index in [2.05, 4.69) is 155 Å². The molecule has 53 heavy (non-hydrogen) atoms. The van der Waals surface area contributed by atoms with Gasteiger partial charge in [-0.25, -0.2) is 0 Å². The third-order valence-electron chi connectivity index (χ3n) is 11.0. The van der Waals surface area contributed by atoms with Crippen LogP contribution >= 0.6 is 11.3 Å². The summed E-state index contributed by atoms with van der Waals surface area (Å²) in [5.41, 5.74) is 14.0. The van der Waals surface area contributed by atoms with Crippen LogP contribution < -0.4 is 0 Å². The van der Waals surface area contributed by atoms with Crippen LogP contribution in [0, 0.1) is 11.3 Å². The van der Waals surface area contributed by atoms with E-state index in [-0.39, 0.29) is 0 Å². The Morgan fingerprint density at radius 3 is 1.81 bits per heavy atom. The van der Waals surface area contributed by atoms with Crippen molar-refractivity contribution in [2.24, 2.45) is 0 Å². The topological polar surface area (TPSA) is 33.6 Å². The fourth-order valence-corrected chi connectivity index (χ4v) is 9.88. The van der Waals surface area contributed by atoms with Gasteiger partial charge in [0, 0.05) is 42.5 Å². The van der Waals surface area contributed by atoms with Crippen molar-refractivity contribution in [1.29, 1.82) is 5.26 Å². The van der Waals surface area contributed by atoms with Crippen LogP contribution in [0.3, 0.4) is 0 Å². The molecule has 7 aromatic carbocycles. The predicted octanol–water partition coefficient (Wildman–Crippen LogP) is 13.3. The Hall–Kier alpha value is -6.67. The van der Waals surface area contributed by atoms with E-state index in [1.807, 2.05) is 35.6 Å². The first-order valence-electron chi connectivity index (χ1n) is 18.1. The second-order valence-corrected chi connectivity index (χ2v) is 15.0. The molecule has 0 aliphatic heterocycles. The van der Waals surface area contributed by atoms with Crippen molar-refractivity contribution >= 4 is 71.1 Å². The van der Waals surface area contributed by atoms with Crippen LogP contribution in [-0.2, 0) is 6.42 Å².